The predicted octanol–water partition coefficient (Wildman–Crippen LogP) is 1.92. The van der Waals surface area contributed by atoms with Crippen molar-refractivity contribution in [3.05, 3.63) is 71.3 Å². The summed E-state index contributed by atoms with van der Waals surface area (Å²) in [5.41, 5.74) is 2.49. The van der Waals surface area contributed by atoms with Crippen LogP contribution in [0.3, 0.4) is 0 Å². The lowest BCUT2D eigenvalue weighted by molar-refractivity contribution is -0.131. The molecule has 124 valence electrons. The Kier molecular flexibility index (Phi) is 3.65. The Bertz CT molecular complexity index is 870. The van der Waals surface area contributed by atoms with Crippen LogP contribution in [0.1, 0.15) is 32.7 Å². The molecule has 0 N–H and O–H groups in total. The Hall–Kier alpha value is -3.28. The average Bonchev–Trinajstić information content (AvgIpc) is 3.23. The van der Waals surface area contributed by atoms with Gasteiger partial charge < -0.3 is 0 Å². The maximum absolute atomic E-state index is 12.5. The molecule has 0 radical (unpaired) electrons. The SMILES string of the molecule is O=C(CN1C(=O)c2ccccc2C1=O)N1CCC(c2ccccc2)=N1. The molecule has 0 bridgehead atoms. The first-order valence-electron chi connectivity index (χ1n) is 8.03. The van der Waals surface area contributed by atoms with E-state index in [1.807, 2.05) is 30.3 Å². The number of hydrogen-bond donors (Lipinski definition) is 0. The molecule has 2 heterocycles. The molecule has 2 aromatic carbocycles. The summed E-state index contributed by atoms with van der Waals surface area (Å²) in [6.07, 6.45) is 0.651. The standard InChI is InChI=1S/C19H15N3O3/c23-17(22-11-10-16(20-22)13-6-2-1-3-7-13)12-21-18(24)14-8-4-5-9-15(14)19(21)25/h1-9H,10-12H2. The van der Waals surface area contributed by atoms with Gasteiger partial charge in [-0.15, -0.1) is 0 Å². The van der Waals surface area contributed by atoms with E-state index in [0.29, 0.717) is 24.1 Å². The Labute approximate surface area is 144 Å². The quantitative estimate of drug-likeness (QED) is 0.806. The van der Waals surface area contributed by atoms with Crippen molar-refractivity contribution in [2.24, 2.45) is 5.10 Å². The lowest BCUT2D eigenvalue weighted by atomic mass is 10.1. The fourth-order valence-electron chi connectivity index (χ4n) is 3.07. The summed E-state index contributed by atoms with van der Waals surface area (Å²) in [6, 6.07) is 16.2. The van der Waals surface area contributed by atoms with Gasteiger partial charge in [-0.3, -0.25) is 19.3 Å². The lowest BCUT2D eigenvalue weighted by Gasteiger charge is -2.17. The molecule has 2 aliphatic heterocycles. The van der Waals surface area contributed by atoms with Crippen molar-refractivity contribution in [1.82, 2.24) is 9.91 Å². The molecule has 0 spiro atoms. The van der Waals surface area contributed by atoms with Crippen LogP contribution in [0.5, 0.6) is 0 Å². The topological polar surface area (TPSA) is 70.1 Å². The molecule has 2 aromatic rings. The molecule has 2 aliphatic rings. The van der Waals surface area contributed by atoms with Crippen LogP contribution in [0.25, 0.3) is 0 Å². The maximum Gasteiger partial charge on any atom is 0.262 e. The smallest absolute Gasteiger partial charge is 0.262 e. The van der Waals surface area contributed by atoms with E-state index >= 15 is 0 Å². The molecule has 25 heavy (non-hydrogen) atoms. The molecule has 6 heteroatoms. The zero-order valence-electron chi connectivity index (χ0n) is 13.4. The van der Waals surface area contributed by atoms with E-state index < -0.39 is 11.8 Å². The van der Waals surface area contributed by atoms with E-state index in [2.05, 4.69) is 5.10 Å². The number of hydrogen-bond acceptors (Lipinski definition) is 4. The van der Waals surface area contributed by atoms with Gasteiger partial charge in [-0.25, -0.2) is 5.01 Å². The minimum absolute atomic E-state index is 0.294. The first-order chi connectivity index (χ1) is 12.1. The van der Waals surface area contributed by atoms with Gasteiger partial charge in [0.25, 0.3) is 17.7 Å². The Morgan fingerprint density at radius 1 is 0.920 bits per heavy atom. The fraction of sp³-hybridized carbons (Fsp3) is 0.158. The summed E-state index contributed by atoms with van der Waals surface area (Å²) in [6.45, 7) is 0.157. The number of amides is 3. The third kappa shape index (κ3) is 2.61. The van der Waals surface area contributed by atoms with Crippen molar-refractivity contribution in [3.63, 3.8) is 0 Å². The van der Waals surface area contributed by atoms with Crippen LogP contribution in [0.2, 0.25) is 0 Å². The van der Waals surface area contributed by atoms with Crippen molar-refractivity contribution in [1.29, 1.82) is 0 Å². The number of imide groups is 1. The van der Waals surface area contributed by atoms with Crippen LogP contribution in [-0.4, -0.2) is 46.4 Å². The summed E-state index contributed by atoms with van der Waals surface area (Å²) in [7, 11) is 0. The molecule has 4 rings (SSSR count). The van der Waals surface area contributed by atoms with Crippen molar-refractivity contribution in [2.75, 3.05) is 13.1 Å². The molecule has 0 saturated carbocycles. The molecule has 0 atom stereocenters. The third-order valence-corrected chi connectivity index (χ3v) is 4.37. The zero-order chi connectivity index (χ0) is 17.4. The monoisotopic (exact) mass is 333 g/mol. The van der Waals surface area contributed by atoms with Gasteiger partial charge in [-0.1, -0.05) is 42.5 Å². The third-order valence-electron chi connectivity index (χ3n) is 4.37. The number of carbonyl (C=O) groups is 3. The highest BCUT2D eigenvalue weighted by Gasteiger charge is 2.37. The molecule has 0 fully saturated rings. The number of benzene rings is 2. The largest absolute Gasteiger partial charge is 0.271 e. The van der Waals surface area contributed by atoms with Gasteiger partial charge in [-0.2, -0.15) is 5.10 Å². The highest BCUT2D eigenvalue weighted by molar-refractivity contribution is 6.22. The molecule has 0 aliphatic carbocycles. The van der Waals surface area contributed by atoms with Crippen LogP contribution >= 0.6 is 0 Å². The van der Waals surface area contributed by atoms with E-state index in [1.165, 1.54) is 5.01 Å². The van der Waals surface area contributed by atoms with Crippen LogP contribution in [0, 0.1) is 0 Å². The maximum atomic E-state index is 12.5. The molecular formula is C19H15N3O3. The molecule has 3 amide bonds. The second-order valence-corrected chi connectivity index (χ2v) is 5.92. The van der Waals surface area contributed by atoms with Crippen molar-refractivity contribution in [2.45, 2.75) is 6.42 Å². The van der Waals surface area contributed by atoms with Crippen LogP contribution in [-0.2, 0) is 4.79 Å². The molecule has 6 nitrogen and oxygen atoms in total. The molecular weight excluding hydrogens is 318 g/mol. The summed E-state index contributed by atoms with van der Waals surface area (Å²) < 4.78 is 0. The highest BCUT2D eigenvalue weighted by Crippen LogP contribution is 2.23. The zero-order valence-corrected chi connectivity index (χ0v) is 13.4. The number of carbonyl (C=O) groups excluding carboxylic acids is 3. The van der Waals surface area contributed by atoms with E-state index in [4.69, 9.17) is 0 Å². The summed E-state index contributed by atoms with van der Waals surface area (Å²) in [5, 5.41) is 5.69. The van der Waals surface area contributed by atoms with Gasteiger partial charge >= 0.3 is 0 Å². The van der Waals surface area contributed by atoms with E-state index in [9.17, 15) is 14.4 Å². The summed E-state index contributed by atoms with van der Waals surface area (Å²) in [4.78, 5) is 38.2. The molecule has 0 unspecified atom stereocenters. The van der Waals surface area contributed by atoms with Crippen molar-refractivity contribution in [3.8, 4) is 0 Å². The first kappa shape index (κ1) is 15.3. The minimum atomic E-state index is -0.430. The van der Waals surface area contributed by atoms with Crippen LogP contribution < -0.4 is 0 Å². The summed E-state index contributed by atoms with van der Waals surface area (Å²) in [5.74, 6) is -1.22. The average molecular weight is 333 g/mol. The second-order valence-electron chi connectivity index (χ2n) is 5.92. The minimum Gasteiger partial charge on any atom is -0.271 e. The number of nitrogens with zero attached hydrogens (tertiary/aromatic N) is 3. The predicted molar refractivity (Wildman–Crippen MR) is 91.1 cm³/mol. The Morgan fingerprint density at radius 2 is 1.52 bits per heavy atom. The molecule has 0 saturated heterocycles. The van der Waals surface area contributed by atoms with Gasteiger partial charge in [0.2, 0.25) is 0 Å². The number of rotatable bonds is 3. The van der Waals surface area contributed by atoms with Gasteiger partial charge in [0.1, 0.15) is 6.54 Å². The van der Waals surface area contributed by atoms with E-state index in [0.717, 1.165) is 16.2 Å². The van der Waals surface area contributed by atoms with Gasteiger partial charge in [0.05, 0.1) is 23.4 Å². The van der Waals surface area contributed by atoms with Crippen LogP contribution in [0.4, 0.5) is 0 Å². The van der Waals surface area contributed by atoms with Crippen LogP contribution in [0.15, 0.2) is 59.7 Å². The molecule has 0 aromatic heterocycles. The van der Waals surface area contributed by atoms with Gasteiger partial charge in [0, 0.05) is 6.42 Å². The highest BCUT2D eigenvalue weighted by atomic mass is 16.2. The van der Waals surface area contributed by atoms with E-state index in [1.54, 1.807) is 24.3 Å². The normalized spacial score (nSPS) is 16.2. The fourth-order valence-corrected chi connectivity index (χ4v) is 3.07. The second kappa shape index (κ2) is 5.98. The van der Waals surface area contributed by atoms with Crippen molar-refractivity contribution < 1.29 is 14.4 Å². The number of fused-ring (bicyclic) bond motifs is 1. The lowest BCUT2D eigenvalue weighted by Crippen LogP contribution is -2.40. The van der Waals surface area contributed by atoms with E-state index in [-0.39, 0.29) is 12.5 Å². The van der Waals surface area contributed by atoms with Crippen molar-refractivity contribution >= 4 is 23.4 Å². The summed E-state index contributed by atoms with van der Waals surface area (Å²) >= 11 is 0. The Balaban J connectivity index is 1.50. The van der Waals surface area contributed by atoms with Gasteiger partial charge in [0.15, 0.2) is 0 Å². The Morgan fingerprint density at radius 3 is 2.16 bits per heavy atom. The number of hydrazone groups is 1. The first-order valence-corrected chi connectivity index (χ1v) is 8.03. The van der Waals surface area contributed by atoms with Gasteiger partial charge in [-0.05, 0) is 17.7 Å².